The summed E-state index contributed by atoms with van der Waals surface area (Å²) >= 11 is 0. The van der Waals surface area contributed by atoms with Crippen molar-refractivity contribution in [1.29, 1.82) is 0 Å². The molecule has 0 aromatic heterocycles. The Kier molecular flexibility index (Phi) is 3.77. The van der Waals surface area contributed by atoms with Crippen LogP contribution in [-0.2, 0) is 9.78 Å². The molecule has 4 nitrogen and oxygen atoms in total. The Hall–Kier alpha value is -1.10. The SMILES string of the molecule is CC1OOC1c1ccc(OCCCO)cc1. The molecule has 1 aliphatic rings. The summed E-state index contributed by atoms with van der Waals surface area (Å²) in [5, 5.41) is 8.62. The predicted octanol–water partition coefficient (Wildman–Crippen LogP) is 1.84. The molecule has 16 heavy (non-hydrogen) atoms. The van der Waals surface area contributed by atoms with Gasteiger partial charge in [0.25, 0.3) is 0 Å². The van der Waals surface area contributed by atoms with Gasteiger partial charge in [0, 0.05) is 13.0 Å². The van der Waals surface area contributed by atoms with E-state index in [2.05, 4.69) is 0 Å². The second-order valence-corrected chi connectivity index (χ2v) is 3.81. The van der Waals surface area contributed by atoms with Crippen LogP contribution in [0.4, 0.5) is 0 Å². The van der Waals surface area contributed by atoms with Gasteiger partial charge in [-0.3, -0.25) is 0 Å². The van der Waals surface area contributed by atoms with Crippen LogP contribution in [0.3, 0.4) is 0 Å². The number of aliphatic hydroxyl groups excluding tert-OH is 1. The lowest BCUT2D eigenvalue weighted by Gasteiger charge is -2.32. The molecule has 1 aromatic rings. The fourth-order valence-corrected chi connectivity index (χ4v) is 1.56. The second kappa shape index (κ2) is 5.30. The Labute approximate surface area is 94.7 Å². The summed E-state index contributed by atoms with van der Waals surface area (Å²) in [5.74, 6) is 0.810. The highest BCUT2D eigenvalue weighted by Gasteiger charge is 2.31. The third-order valence-corrected chi connectivity index (χ3v) is 2.52. The molecule has 2 unspecified atom stereocenters. The largest absolute Gasteiger partial charge is 0.494 e. The molecule has 0 radical (unpaired) electrons. The van der Waals surface area contributed by atoms with E-state index in [4.69, 9.17) is 19.6 Å². The molecule has 1 N–H and O–H groups in total. The minimum atomic E-state index is 0.0338. The highest BCUT2D eigenvalue weighted by molar-refractivity contribution is 5.29. The third kappa shape index (κ3) is 2.52. The molecule has 1 aliphatic heterocycles. The van der Waals surface area contributed by atoms with Crippen molar-refractivity contribution in [3.8, 4) is 5.75 Å². The zero-order valence-electron chi connectivity index (χ0n) is 9.26. The number of benzene rings is 1. The Balaban J connectivity index is 1.89. The van der Waals surface area contributed by atoms with Gasteiger partial charge in [-0.2, -0.15) is 0 Å². The van der Waals surface area contributed by atoms with Gasteiger partial charge in [0.15, 0.2) is 0 Å². The fraction of sp³-hybridized carbons (Fsp3) is 0.500. The van der Waals surface area contributed by atoms with Crippen molar-refractivity contribution >= 4 is 0 Å². The van der Waals surface area contributed by atoms with Gasteiger partial charge >= 0.3 is 0 Å². The summed E-state index contributed by atoms with van der Waals surface area (Å²) < 4.78 is 5.43. The minimum absolute atomic E-state index is 0.0338. The topological polar surface area (TPSA) is 47.9 Å². The zero-order valence-corrected chi connectivity index (χ0v) is 9.26. The van der Waals surface area contributed by atoms with Crippen LogP contribution in [0.1, 0.15) is 25.0 Å². The molecule has 1 heterocycles. The number of ether oxygens (including phenoxy) is 1. The van der Waals surface area contributed by atoms with Crippen LogP contribution in [0.25, 0.3) is 0 Å². The van der Waals surface area contributed by atoms with E-state index in [0.29, 0.717) is 13.0 Å². The first kappa shape index (κ1) is 11.4. The number of hydrogen-bond donors (Lipinski definition) is 1. The summed E-state index contributed by atoms with van der Waals surface area (Å²) in [6, 6.07) is 7.75. The van der Waals surface area contributed by atoms with Crippen LogP contribution >= 0.6 is 0 Å². The maximum Gasteiger partial charge on any atom is 0.147 e. The molecule has 4 heteroatoms. The van der Waals surface area contributed by atoms with Gasteiger partial charge in [-0.05, 0) is 24.6 Å². The monoisotopic (exact) mass is 224 g/mol. The molecule has 1 saturated heterocycles. The van der Waals surface area contributed by atoms with E-state index in [1.165, 1.54) is 0 Å². The molecule has 2 atom stereocenters. The van der Waals surface area contributed by atoms with Crippen molar-refractivity contribution in [2.45, 2.75) is 25.6 Å². The van der Waals surface area contributed by atoms with Crippen molar-refractivity contribution in [2.24, 2.45) is 0 Å². The molecular formula is C12H16O4. The zero-order chi connectivity index (χ0) is 11.4. The quantitative estimate of drug-likeness (QED) is 0.612. The molecule has 0 aliphatic carbocycles. The first-order chi connectivity index (χ1) is 7.81. The van der Waals surface area contributed by atoms with Gasteiger partial charge in [-0.25, -0.2) is 9.78 Å². The standard InChI is InChI=1S/C12H16O4/c1-9-12(16-15-9)10-3-5-11(6-4-10)14-8-2-7-13/h3-6,9,12-13H,2,7-8H2,1H3. The minimum Gasteiger partial charge on any atom is -0.494 e. The Bertz CT molecular complexity index is 322. The van der Waals surface area contributed by atoms with E-state index in [0.717, 1.165) is 11.3 Å². The first-order valence-electron chi connectivity index (χ1n) is 5.47. The van der Waals surface area contributed by atoms with Gasteiger partial charge in [0.2, 0.25) is 0 Å². The lowest BCUT2D eigenvalue weighted by Crippen LogP contribution is -2.32. The maximum atomic E-state index is 8.62. The van der Waals surface area contributed by atoms with Gasteiger partial charge in [0.1, 0.15) is 18.0 Å². The molecule has 0 bridgehead atoms. The van der Waals surface area contributed by atoms with Crippen LogP contribution < -0.4 is 4.74 Å². The Morgan fingerprint density at radius 3 is 2.50 bits per heavy atom. The maximum absolute atomic E-state index is 8.62. The van der Waals surface area contributed by atoms with Gasteiger partial charge < -0.3 is 9.84 Å². The van der Waals surface area contributed by atoms with Gasteiger partial charge in [0.05, 0.1) is 6.61 Å². The smallest absolute Gasteiger partial charge is 0.147 e. The summed E-state index contributed by atoms with van der Waals surface area (Å²) in [6.45, 7) is 2.66. The van der Waals surface area contributed by atoms with E-state index in [9.17, 15) is 0 Å². The summed E-state index contributed by atoms with van der Waals surface area (Å²) in [6.07, 6.45) is 0.797. The van der Waals surface area contributed by atoms with E-state index >= 15 is 0 Å². The van der Waals surface area contributed by atoms with Crippen LogP contribution in [0, 0.1) is 0 Å². The van der Waals surface area contributed by atoms with E-state index in [-0.39, 0.29) is 18.8 Å². The molecule has 1 fully saturated rings. The molecule has 2 rings (SSSR count). The van der Waals surface area contributed by atoms with Crippen LogP contribution in [0.15, 0.2) is 24.3 Å². The molecule has 0 spiro atoms. The van der Waals surface area contributed by atoms with Crippen molar-refractivity contribution in [3.63, 3.8) is 0 Å². The number of hydrogen-bond acceptors (Lipinski definition) is 4. The number of aliphatic hydroxyl groups is 1. The fourth-order valence-electron chi connectivity index (χ4n) is 1.56. The molecule has 0 saturated carbocycles. The molecule has 88 valence electrons. The van der Waals surface area contributed by atoms with Crippen LogP contribution in [-0.4, -0.2) is 24.4 Å². The van der Waals surface area contributed by atoms with E-state index in [1.807, 2.05) is 31.2 Å². The lowest BCUT2D eigenvalue weighted by atomic mass is 10.0. The summed E-state index contributed by atoms with van der Waals surface area (Å²) in [7, 11) is 0. The van der Waals surface area contributed by atoms with Crippen molar-refractivity contribution in [1.82, 2.24) is 0 Å². The predicted molar refractivity (Wildman–Crippen MR) is 58.0 cm³/mol. The molecular weight excluding hydrogens is 208 g/mol. The van der Waals surface area contributed by atoms with E-state index in [1.54, 1.807) is 0 Å². The molecule has 1 aromatic carbocycles. The number of rotatable bonds is 5. The summed E-state index contributed by atoms with van der Waals surface area (Å²) in [4.78, 5) is 9.84. The highest BCUT2D eigenvalue weighted by Crippen LogP contribution is 2.33. The van der Waals surface area contributed by atoms with Crippen molar-refractivity contribution in [3.05, 3.63) is 29.8 Å². The van der Waals surface area contributed by atoms with Crippen LogP contribution in [0.5, 0.6) is 5.75 Å². The molecule has 0 amide bonds. The van der Waals surface area contributed by atoms with Gasteiger partial charge in [-0.1, -0.05) is 12.1 Å². The average Bonchev–Trinajstić information content (AvgIpc) is 2.30. The Morgan fingerprint density at radius 1 is 1.25 bits per heavy atom. The first-order valence-corrected chi connectivity index (χ1v) is 5.47. The van der Waals surface area contributed by atoms with E-state index < -0.39 is 0 Å². The van der Waals surface area contributed by atoms with Gasteiger partial charge in [-0.15, -0.1) is 0 Å². The normalized spacial score (nSPS) is 23.9. The summed E-state index contributed by atoms with van der Waals surface area (Å²) in [5.41, 5.74) is 1.09. The lowest BCUT2D eigenvalue weighted by molar-refractivity contribution is -0.465. The van der Waals surface area contributed by atoms with Crippen molar-refractivity contribution in [2.75, 3.05) is 13.2 Å². The second-order valence-electron chi connectivity index (χ2n) is 3.81. The van der Waals surface area contributed by atoms with Crippen molar-refractivity contribution < 1.29 is 19.6 Å². The Morgan fingerprint density at radius 2 is 2.00 bits per heavy atom. The van der Waals surface area contributed by atoms with Crippen LogP contribution in [0.2, 0.25) is 0 Å². The third-order valence-electron chi connectivity index (χ3n) is 2.52. The average molecular weight is 224 g/mol. The highest BCUT2D eigenvalue weighted by atomic mass is 17.2.